The lowest BCUT2D eigenvalue weighted by Gasteiger charge is -2.41. The molecule has 0 aromatic rings. The van der Waals surface area contributed by atoms with Crippen molar-refractivity contribution >= 4 is 12.0 Å². The van der Waals surface area contributed by atoms with E-state index in [1.165, 1.54) is 0 Å². The highest BCUT2D eigenvalue weighted by Gasteiger charge is 2.48. The molecule has 2 amide bonds. The third kappa shape index (κ3) is 2.83. The fourth-order valence-electron chi connectivity index (χ4n) is 2.64. The molecule has 0 spiro atoms. The predicted octanol–water partition coefficient (Wildman–Crippen LogP) is 1.98. The molecule has 2 fully saturated rings. The van der Waals surface area contributed by atoms with Gasteiger partial charge in [-0.1, -0.05) is 0 Å². The van der Waals surface area contributed by atoms with Crippen molar-refractivity contribution in [1.82, 2.24) is 10.2 Å². The smallest absolute Gasteiger partial charge is 0.393 e. The predicted molar refractivity (Wildman–Crippen MR) is 63.1 cm³/mol. The summed E-state index contributed by atoms with van der Waals surface area (Å²) < 4.78 is 38.0. The fourth-order valence-corrected chi connectivity index (χ4v) is 2.64. The Hall–Kier alpha value is -1.47. The molecule has 1 heterocycles. The van der Waals surface area contributed by atoms with Gasteiger partial charge in [-0.05, 0) is 32.1 Å². The zero-order valence-electron chi connectivity index (χ0n) is 10.9. The first-order valence-corrected chi connectivity index (χ1v) is 6.62. The second-order valence-electron chi connectivity index (χ2n) is 5.50. The Bertz CT molecular complexity index is 407. The molecule has 1 atom stereocenters. The van der Waals surface area contributed by atoms with E-state index in [0.29, 0.717) is 19.3 Å². The topological polar surface area (TPSA) is 69.6 Å². The summed E-state index contributed by atoms with van der Waals surface area (Å²) in [6.07, 6.45) is -2.69. The van der Waals surface area contributed by atoms with Gasteiger partial charge in [-0.15, -0.1) is 0 Å². The maximum Gasteiger partial charge on any atom is 0.393 e. The lowest BCUT2D eigenvalue weighted by Crippen LogP contribution is -2.62. The fraction of sp³-hybridized carbons (Fsp3) is 0.833. The Morgan fingerprint density at radius 2 is 1.90 bits per heavy atom. The molecule has 0 radical (unpaired) electrons. The number of carbonyl (C=O) groups excluding carboxylic acids is 1. The van der Waals surface area contributed by atoms with E-state index in [1.807, 2.05) is 0 Å². The van der Waals surface area contributed by atoms with Gasteiger partial charge in [-0.25, -0.2) is 9.59 Å². The number of nitrogens with zero attached hydrogens (tertiary/aromatic N) is 1. The van der Waals surface area contributed by atoms with E-state index >= 15 is 0 Å². The quantitative estimate of drug-likeness (QED) is 0.818. The van der Waals surface area contributed by atoms with E-state index in [1.54, 1.807) is 0 Å². The van der Waals surface area contributed by atoms with Crippen LogP contribution in [-0.2, 0) is 4.79 Å². The van der Waals surface area contributed by atoms with E-state index in [9.17, 15) is 22.8 Å². The molecule has 2 rings (SSSR count). The third-order valence-electron chi connectivity index (χ3n) is 4.13. The van der Waals surface area contributed by atoms with Gasteiger partial charge in [0.05, 0.1) is 5.92 Å². The number of carbonyl (C=O) groups is 2. The van der Waals surface area contributed by atoms with Gasteiger partial charge >= 0.3 is 18.2 Å². The molecule has 2 aliphatic rings. The maximum absolute atomic E-state index is 12.7. The van der Waals surface area contributed by atoms with Crippen LogP contribution in [0.15, 0.2) is 0 Å². The summed E-state index contributed by atoms with van der Waals surface area (Å²) in [6.45, 7) is -0.168. The summed E-state index contributed by atoms with van der Waals surface area (Å²) in [4.78, 5) is 24.2. The Morgan fingerprint density at radius 1 is 1.25 bits per heavy atom. The number of rotatable bonds is 2. The van der Waals surface area contributed by atoms with Crippen molar-refractivity contribution in [2.45, 2.75) is 43.8 Å². The molecule has 1 aliphatic carbocycles. The van der Waals surface area contributed by atoms with Gasteiger partial charge in [0, 0.05) is 13.1 Å². The van der Waals surface area contributed by atoms with E-state index in [2.05, 4.69) is 5.32 Å². The number of alkyl halides is 3. The molecular formula is C12H17F3N2O3. The van der Waals surface area contributed by atoms with Gasteiger partial charge < -0.3 is 15.3 Å². The molecule has 20 heavy (non-hydrogen) atoms. The van der Waals surface area contributed by atoms with Gasteiger partial charge in [-0.3, -0.25) is 0 Å². The molecule has 5 nitrogen and oxygen atoms in total. The molecular weight excluding hydrogens is 277 g/mol. The van der Waals surface area contributed by atoms with Crippen LogP contribution in [0, 0.1) is 5.92 Å². The highest BCUT2D eigenvalue weighted by atomic mass is 19.4. The third-order valence-corrected chi connectivity index (χ3v) is 4.13. The average Bonchev–Trinajstić information content (AvgIpc) is 2.32. The SMILES string of the molecule is O=C(NC1(C(=O)O)CCC1)N1CCCC(C(F)(F)F)C1. The summed E-state index contributed by atoms with van der Waals surface area (Å²) >= 11 is 0. The van der Waals surface area contributed by atoms with Crippen LogP contribution in [0.25, 0.3) is 0 Å². The number of nitrogens with one attached hydrogen (secondary N) is 1. The number of hydrogen-bond acceptors (Lipinski definition) is 2. The zero-order chi connectivity index (χ0) is 15.0. The number of carboxylic acids is 1. The van der Waals surface area contributed by atoms with Crippen LogP contribution in [0.3, 0.4) is 0 Å². The summed E-state index contributed by atoms with van der Waals surface area (Å²) in [5.41, 5.74) is -1.29. The highest BCUT2D eigenvalue weighted by molar-refractivity contribution is 5.87. The Kier molecular flexibility index (Phi) is 3.84. The second-order valence-corrected chi connectivity index (χ2v) is 5.50. The van der Waals surface area contributed by atoms with E-state index in [4.69, 9.17) is 5.11 Å². The van der Waals surface area contributed by atoms with Gasteiger partial charge in [0.25, 0.3) is 0 Å². The second kappa shape index (κ2) is 5.14. The van der Waals surface area contributed by atoms with Crippen molar-refractivity contribution in [2.24, 2.45) is 5.92 Å². The lowest BCUT2D eigenvalue weighted by atomic mass is 9.77. The van der Waals surface area contributed by atoms with Crippen LogP contribution in [0.4, 0.5) is 18.0 Å². The van der Waals surface area contributed by atoms with Crippen LogP contribution in [0.1, 0.15) is 32.1 Å². The van der Waals surface area contributed by atoms with Crippen molar-refractivity contribution in [3.63, 3.8) is 0 Å². The molecule has 0 aromatic heterocycles. The summed E-state index contributed by atoms with van der Waals surface area (Å²) in [5.74, 6) is -2.65. The summed E-state index contributed by atoms with van der Waals surface area (Å²) in [6, 6.07) is -0.707. The van der Waals surface area contributed by atoms with Crippen LogP contribution in [-0.4, -0.2) is 46.8 Å². The number of urea groups is 1. The van der Waals surface area contributed by atoms with E-state index < -0.39 is 36.2 Å². The molecule has 0 aromatic carbocycles. The average molecular weight is 294 g/mol. The van der Waals surface area contributed by atoms with Gasteiger partial charge in [0.2, 0.25) is 0 Å². The van der Waals surface area contributed by atoms with Crippen molar-refractivity contribution in [1.29, 1.82) is 0 Å². The van der Waals surface area contributed by atoms with Gasteiger partial charge in [0.1, 0.15) is 5.54 Å². The Morgan fingerprint density at radius 3 is 2.35 bits per heavy atom. The van der Waals surface area contributed by atoms with E-state index in [-0.39, 0.29) is 19.4 Å². The first-order valence-electron chi connectivity index (χ1n) is 6.62. The van der Waals surface area contributed by atoms with Crippen LogP contribution in [0.5, 0.6) is 0 Å². The standard InChI is InChI=1S/C12H17F3N2O3/c13-12(14,15)8-3-1-6-17(7-8)10(20)16-11(9(18)19)4-2-5-11/h8H,1-7H2,(H,16,20)(H,18,19). The number of likely N-dealkylation sites (tertiary alicyclic amines) is 1. The highest BCUT2D eigenvalue weighted by Crippen LogP contribution is 2.35. The molecule has 1 unspecified atom stereocenters. The van der Waals surface area contributed by atoms with Crippen molar-refractivity contribution in [2.75, 3.05) is 13.1 Å². The normalized spacial score (nSPS) is 25.8. The monoisotopic (exact) mass is 294 g/mol. The van der Waals surface area contributed by atoms with Gasteiger partial charge in [-0.2, -0.15) is 13.2 Å². The van der Waals surface area contributed by atoms with Crippen LogP contribution in [0.2, 0.25) is 0 Å². The Balaban J connectivity index is 1.97. The molecule has 1 saturated heterocycles. The van der Waals surface area contributed by atoms with Crippen molar-refractivity contribution in [3.8, 4) is 0 Å². The number of halogens is 3. The zero-order valence-corrected chi connectivity index (χ0v) is 10.9. The summed E-state index contributed by atoms with van der Waals surface area (Å²) in [5, 5.41) is 11.5. The molecule has 114 valence electrons. The molecule has 1 saturated carbocycles. The summed E-state index contributed by atoms with van der Waals surface area (Å²) in [7, 11) is 0. The number of amides is 2. The number of aliphatic carboxylic acids is 1. The first kappa shape index (κ1) is 14.9. The largest absolute Gasteiger partial charge is 0.480 e. The van der Waals surface area contributed by atoms with Crippen molar-refractivity contribution in [3.05, 3.63) is 0 Å². The van der Waals surface area contributed by atoms with Crippen LogP contribution >= 0.6 is 0 Å². The van der Waals surface area contributed by atoms with Crippen LogP contribution < -0.4 is 5.32 Å². The molecule has 0 bridgehead atoms. The molecule has 8 heteroatoms. The van der Waals surface area contributed by atoms with E-state index in [0.717, 1.165) is 4.90 Å². The first-order chi connectivity index (χ1) is 9.24. The van der Waals surface area contributed by atoms with Crippen molar-refractivity contribution < 1.29 is 27.9 Å². The molecule has 2 N–H and O–H groups in total. The maximum atomic E-state index is 12.7. The molecule has 1 aliphatic heterocycles. The minimum Gasteiger partial charge on any atom is -0.480 e. The lowest BCUT2D eigenvalue weighted by molar-refractivity contribution is -0.184. The minimum absolute atomic E-state index is 0.0113. The minimum atomic E-state index is -4.32. The Labute approximate surface area is 114 Å². The van der Waals surface area contributed by atoms with Gasteiger partial charge in [0.15, 0.2) is 0 Å². The number of carboxylic acid groups (broad SMARTS) is 1. The number of piperidine rings is 1. The number of hydrogen-bond donors (Lipinski definition) is 2.